The minimum absolute atomic E-state index is 0.114. The summed E-state index contributed by atoms with van der Waals surface area (Å²) in [5.41, 5.74) is 18.3. The molecule has 3 aliphatic heterocycles. The van der Waals surface area contributed by atoms with E-state index in [1.807, 2.05) is 0 Å². The van der Waals surface area contributed by atoms with Crippen molar-refractivity contribution in [3.05, 3.63) is 288 Å². The predicted octanol–water partition coefficient (Wildman–Crippen LogP) is 21.7. The van der Waals surface area contributed by atoms with E-state index in [9.17, 15) is 0 Å². The molecule has 0 radical (unpaired) electrons. The highest BCUT2D eigenvalue weighted by molar-refractivity contribution is 6.15. The molecule has 3 aromatic heterocycles. The summed E-state index contributed by atoms with van der Waals surface area (Å²) < 4.78 is 26.5. The normalized spacial score (nSPS) is 15.3. The lowest BCUT2D eigenvalue weighted by Crippen LogP contribution is -2.43. The third kappa shape index (κ3) is 7.37. The molecule has 0 saturated heterocycles. The Morgan fingerprint density at radius 3 is 1.20 bits per heavy atom. The van der Waals surface area contributed by atoms with Crippen LogP contribution in [-0.4, -0.2) is 0 Å². The van der Waals surface area contributed by atoms with Crippen LogP contribution < -0.4 is 27.9 Å². The van der Waals surface area contributed by atoms with Crippen LogP contribution in [0.2, 0.25) is 0 Å². The first-order valence-electron chi connectivity index (χ1n) is 34.9. The van der Waals surface area contributed by atoms with E-state index in [2.05, 4.69) is 310 Å². The van der Waals surface area contributed by atoms with Crippen molar-refractivity contribution in [2.24, 2.45) is 0 Å². The van der Waals surface area contributed by atoms with Crippen LogP contribution in [0.1, 0.15) is 74.9 Å². The molecule has 0 amide bonds. The average molecular weight is 1270 g/mol. The van der Waals surface area contributed by atoms with Crippen LogP contribution in [0.5, 0.6) is 17.2 Å². The highest BCUT2D eigenvalue weighted by Gasteiger charge is 2.51. The van der Waals surface area contributed by atoms with E-state index in [0.717, 1.165) is 17.2 Å². The molecular formula is C93H66N3O3+3. The van der Waals surface area contributed by atoms with Crippen LogP contribution in [0.4, 0.5) is 0 Å². The average Bonchev–Trinajstić information content (AvgIpc) is 1.54. The molecule has 6 aliphatic rings. The molecule has 0 bridgehead atoms. The fraction of sp³-hybridized carbons (Fsp3) is 0.129. The molecule has 0 unspecified atom stereocenters. The molecule has 18 aromatic rings. The van der Waals surface area contributed by atoms with Gasteiger partial charge in [0.2, 0.25) is 28.1 Å². The second-order valence-corrected chi connectivity index (χ2v) is 30.0. The van der Waals surface area contributed by atoms with Gasteiger partial charge in [0, 0.05) is 44.4 Å². The summed E-state index contributed by atoms with van der Waals surface area (Å²) in [7, 11) is 0. The molecule has 0 saturated carbocycles. The van der Waals surface area contributed by atoms with Crippen LogP contribution >= 0.6 is 0 Å². The van der Waals surface area contributed by atoms with E-state index < -0.39 is 0 Å². The molecule has 468 valence electrons. The van der Waals surface area contributed by atoms with E-state index in [0.29, 0.717) is 20.2 Å². The van der Waals surface area contributed by atoms with E-state index in [-0.39, 0.29) is 16.2 Å². The van der Waals surface area contributed by atoms with Crippen LogP contribution in [0.25, 0.3) is 163 Å². The Balaban J connectivity index is 0.0000000949. The van der Waals surface area contributed by atoms with Crippen molar-refractivity contribution < 1.29 is 27.9 Å². The summed E-state index contributed by atoms with van der Waals surface area (Å²) in [5, 5.41) is 28.4. The Morgan fingerprint density at radius 2 is 0.657 bits per heavy atom. The topological polar surface area (TPSA) is 39.3 Å². The van der Waals surface area contributed by atoms with Gasteiger partial charge in [-0.25, -0.2) is 0 Å². The molecule has 99 heavy (non-hydrogen) atoms. The molecular weight excluding hydrogens is 1210 g/mol. The van der Waals surface area contributed by atoms with Crippen LogP contribution in [0.3, 0.4) is 0 Å². The van der Waals surface area contributed by atoms with Crippen molar-refractivity contribution in [3.8, 4) is 51.0 Å². The summed E-state index contributed by atoms with van der Waals surface area (Å²) in [5.74, 6) is 3.04. The summed E-state index contributed by atoms with van der Waals surface area (Å²) in [4.78, 5) is 0. The van der Waals surface area contributed by atoms with Gasteiger partial charge >= 0.3 is 0 Å². The summed E-state index contributed by atoms with van der Waals surface area (Å²) >= 11 is 0. The van der Waals surface area contributed by atoms with Gasteiger partial charge in [0.1, 0.15) is 17.2 Å². The van der Waals surface area contributed by atoms with E-state index >= 15 is 0 Å². The predicted molar refractivity (Wildman–Crippen MR) is 405 cm³/mol. The Bertz CT molecular complexity index is 6760. The fourth-order valence-corrected chi connectivity index (χ4v) is 19.2. The monoisotopic (exact) mass is 1270 g/mol. The standard InChI is InChI=1S/3C31H22NO/c1-31(2)25-16-24-22-10-6-5-7-18(22)11-12-26(24)32-17-33-27-15-21-13-19-8-3-4-9-20(19)14-23(21)29(31)28(27)30(25)32;1-31(2)28-24-14-20-9-4-3-8-19(20)13-21(24)15-26-27(28)30-29(31)23-12-11-18-7-5-6-10-22(18)25(23)16-32(30)17-33-26;1-31(2)25-15-21-12-11-18-7-5-6-10-23(18)29(21)32-17-33-26-16-22-13-19-8-3-4-9-20(19)14-24(22)28(31)27(26)30(25)32/h3*3-16H,17H2,1-2H3/q3*+1. The molecule has 24 rings (SSSR count). The van der Waals surface area contributed by atoms with Gasteiger partial charge in [-0.15, -0.1) is 0 Å². The van der Waals surface area contributed by atoms with Gasteiger partial charge in [-0.3, -0.25) is 0 Å². The van der Waals surface area contributed by atoms with Crippen LogP contribution in [0, 0.1) is 0 Å². The molecule has 0 spiro atoms. The zero-order valence-corrected chi connectivity index (χ0v) is 55.9. The number of pyridine rings is 3. The molecule has 3 aliphatic carbocycles. The zero-order chi connectivity index (χ0) is 65.7. The molecule has 0 atom stereocenters. The lowest BCUT2D eigenvalue weighted by Gasteiger charge is -2.23. The third-order valence-corrected chi connectivity index (χ3v) is 23.7. The van der Waals surface area contributed by atoms with Crippen molar-refractivity contribution in [1.29, 1.82) is 0 Å². The lowest BCUT2D eigenvalue weighted by atomic mass is 9.78. The van der Waals surface area contributed by atoms with Gasteiger partial charge in [0.25, 0.3) is 20.2 Å². The molecule has 15 aromatic carbocycles. The smallest absolute Gasteiger partial charge is 0.293 e. The summed E-state index contributed by atoms with van der Waals surface area (Å²) in [6.45, 7) is 15.9. The van der Waals surface area contributed by atoms with Crippen molar-refractivity contribution in [1.82, 2.24) is 0 Å². The number of nitrogens with zero attached hydrogens (tertiary/aromatic N) is 3. The molecule has 6 nitrogen and oxygen atoms in total. The first-order valence-corrected chi connectivity index (χ1v) is 34.9. The third-order valence-electron chi connectivity index (χ3n) is 23.7. The van der Waals surface area contributed by atoms with E-state index in [1.54, 1.807) is 0 Å². The largest absolute Gasteiger partial charge is 0.435 e. The number of benzene rings is 15. The van der Waals surface area contributed by atoms with Gasteiger partial charge in [0.05, 0.1) is 32.8 Å². The van der Waals surface area contributed by atoms with Crippen molar-refractivity contribution in [3.63, 3.8) is 0 Å². The molecule has 6 heteroatoms. The van der Waals surface area contributed by atoms with Gasteiger partial charge in [-0.05, 0) is 199 Å². The van der Waals surface area contributed by atoms with Gasteiger partial charge in [-0.1, -0.05) is 199 Å². The maximum absolute atomic E-state index is 6.50. The number of rotatable bonds is 0. The highest BCUT2D eigenvalue weighted by Crippen LogP contribution is 2.60. The molecule has 6 heterocycles. The minimum atomic E-state index is -0.140. The van der Waals surface area contributed by atoms with E-state index in [4.69, 9.17) is 14.2 Å². The number of fused-ring (bicyclic) bond motifs is 21. The lowest BCUT2D eigenvalue weighted by molar-refractivity contribution is -0.716. The maximum Gasteiger partial charge on any atom is 0.293 e. The van der Waals surface area contributed by atoms with Crippen molar-refractivity contribution >= 4 is 130 Å². The first kappa shape index (κ1) is 55.4. The summed E-state index contributed by atoms with van der Waals surface area (Å²) in [6, 6.07) is 91.3. The first-order chi connectivity index (χ1) is 48.3. The number of hydrogen-bond acceptors (Lipinski definition) is 3. The minimum Gasteiger partial charge on any atom is -0.435 e. The second kappa shape index (κ2) is 19.3. The maximum atomic E-state index is 6.50. The Hall–Kier alpha value is -11.7. The van der Waals surface area contributed by atoms with Crippen LogP contribution in [0.15, 0.2) is 255 Å². The Morgan fingerprint density at radius 1 is 0.263 bits per heavy atom. The number of aromatic nitrogens is 3. The quantitative estimate of drug-likeness (QED) is 0.0863. The SMILES string of the molecule is CC1(C)c2c3c(cc4cc5ccccc5cc24)OC[n+]2cc4c(ccc5ccccc54)c1c2-3.CC1(C)c2cc3c4ccccc4ccc3[n+]3c2-c2c(cc4cc5ccccc5cc4c21)OC3.CC1(C)c2cc3ccc4ccccc4c3[n+]3c2-c2c(cc4cc5ccccc5cc4c21)OC3. The highest BCUT2D eigenvalue weighted by atomic mass is 16.5. The van der Waals surface area contributed by atoms with Crippen molar-refractivity contribution in [2.45, 2.75) is 78.0 Å². The fourth-order valence-electron chi connectivity index (χ4n) is 19.2. The van der Waals surface area contributed by atoms with Crippen LogP contribution in [-0.2, 0) is 36.4 Å². The Labute approximate surface area is 571 Å². The number of hydrogen-bond donors (Lipinski definition) is 0. The summed E-state index contributed by atoms with van der Waals surface area (Å²) in [6.07, 6.45) is 2.30. The van der Waals surface area contributed by atoms with Gasteiger partial charge < -0.3 is 14.2 Å². The zero-order valence-electron chi connectivity index (χ0n) is 55.9. The Kier molecular flexibility index (Phi) is 10.8. The second-order valence-electron chi connectivity index (χ2n) is 30.0. The molecule has 0 fully saturated rings. The van der Waals surface area contributed by atoms with Gasteiger partial charge in [0.15, 0.2) is 6.20 Å². The molecule has 0 N–H and O–H groups in total. The number of ether oxygens (including phenoxy) is 3. The van der Waals surface area contributed by atoms with Gasteiger partial charge in [-0.2, -0.15) is 13.7 Å². The van der Waals surface area contributed by atoms with Crippen molar-refractivity contribution in [2.75, 3.05) is 0 Å². The van der Waals surface area contributed by atoms with E-state index in [1.165, 1.54) is 197 Å².